The molecule has 0 aromatic carbocycles. The van der Waals surface area contributed by atoms with Crippen molar-refractivity contribution in [3.8, 4) is 0 Å². The molecule has 3 nitrogen and oxygen atoms in total. The second-order valence-corrected chi connectivity index (χ2v) is 4.82. The number of amides is 1. The first kappa shape index (κ1) is 10.9. The highest BCUT2D eigenvalue weighted by atomic mass is 32.2. The van der Waals surface area contributed by atoms with Gasteiger partial charge in [0.1, 0.15) is 0 Å². The Morgan fingerprint density at radius 1 is 1.46 bits per heavy atom. The van der Waals surface area contributed by atoms with E-state index in [-0.39, 0.29) is 5.91 Å². The first-order valence-electron chi connectivity index (χ1n) is 4.69. The minimum absolute atomic E-state index is 0.0489. The van der Waals surface area contributed by atoms with Crippen LogP contribution in [0.4, 0.5) is 0 Å². The predicted octanol–water partition coefficient (Wildman–Crippen LogP) is 0.608. The fourth-order valence-electron chi connectivity index (χ4n) is 1.24. The van der Waals surface area contributed by atoms with Crippen molar-refractivity contribution in [3.05, 3.63) is 0 Å². The number of hydrogen-bond donors (Lipinski definition) is 2. The Bertz CT molecular complexity index is 180. The third-order valence-corrected chi connectivity index (χ3v) is 3.78. The molecule has 0 aromatic heterocycles. The quantitative estimate of drug-likeness (QED) is 0.620. The first-order valence-corrected chi connectivity index (χ1v) is 5.91. The van der Waals surface area contributed by atoms with E-state index in [4.69, 9.17) is 0 Å². The SMILES string of the molecule is CSC1(CNCCNC(C)=O)CC1. The average Bonchev–Trinajstić information content (AvgIpc) is 2.84. The molecule has 1 amide bonds. The predicted molar refractivity (Wildman–Crippen MR) is 57.0 cm³/mol. The molecule has 76 valence electrons. The molecule has 4 heteroatoms. The van der Waals surface area contributed by atoms with Crippen molar-refractivity contribution >= 4 is 17.7 Å². The molecule has 0 radical (unpaired) electrons. The van der Waals surface area contributed by atoms with Gasteiger partial charge in [0, 0.05) is 31.3 Å². The van der Waals surface area contributed by atoms with E-state index >= 15 is 0 Å². The van der Waals surface area contributed by atoms with Crippen LogP contribution in [0.1, 0.15) is 19.8 Å². The maximum absolute atomic E-state index is 10.5. The van der Waals surface area contributed by atoms with E-state index in [9.17, 15) is 4.79 Å². The van der Waals surface area contributed by atoms with Gasteiger partial charge in [-0.2, -0.15) is 11.8 Å². The molecule has 1 saturated carbocycles. The van der Waals surface area contributed by atoms with Crippen molar-refractivity contribution in [2.24, 2.45) is 0 Å². The topological polar surface area (TPSA) is 41.1 Å². The summed E-state index contributed by atoms with van der Waals surface area (Å²) in [5.74, 6) is 0.0489. The maximum Gasteiger partial charge on any atom is 0.216 e. The van der Waals surface area contributed by atoms with Gasteiger partial charge in [0.15, 0.2) is 0 Å². The number of hydrogen-bond acceptors (Lipinski definition) is 3. The second kappa shape index (κ2) is 4.86. The molecular formula is C9H18N2OS. The molecule has 1 aliphatic rings. The van der Waals surface area contributed by atoms with Crippen molar-refractivity contribution < 1.29 is 4.79 Å². The summed E-state index contributed by atoms with van der Waals surface area (Å²) in [6, 6.07) is 0. The Morgan fingerprint density at radius 2 is 2.15 bits per heavy atom. The monoisotopic (exact) mass is 202 g/mol. The molecule has 0 aromatic rings. The molecule has 1 fully saturated rings. The van der Waals surface area contributed by atoms with Crippen LogP contribution in [0.5, 0.6) is 0 Å². The van der Waals surface area contributed by atoms with Gasteiger partial charge in [-0.1, -0.05) is 0 Å². The third-order valence-electron chi connectivity index (χ3n) is 2.36. The van der Waals surface area contributed by atoms with Crippen molar-refractivity contribution in [1.29, 1.82) is 0 Å². The summed E-state index contributed by atoms with van der Waals surface area (Å²) in [6.07, 6.45) is 4.84. The van der Waals surface area contributed by atoms with Crippen molar-refractivity contribution in [2.45, 2.75) is 24.5 Å². The summed E-state index contributed by atoms with van der Waals surface area (Å²) in [7, 11) is 0. The molecule has 1 aliphatic carbocycles. The fraction of sp³-hybridized carbons (Fsp3) is 0.889. The van der Waals surface area contributed by atoms with Crippen LogP contribution in [-0.4, -0.2) is 36.5 Å². The van der Waals surface area contributed by atoms with Crippen LogP contribution in [-0.2, 0) is 4.79 Å². The molecular weight excluding hydrogens is 184 g/mol. The van der Waals surface area contributed by atoms with E-state index in [0.717, 1.165) is 19.6 Å². The second-order valence-electron chi connectivity index (χ2n) is 3.55. The number of rotatable bonds is 6. The first-order chi connectivity index (χ1) is 6.18. The smallest absolute Gasteiger partial charge is 0.216 e. The van der Waals surface area contributed by atoms with Crippen LogP contribution in [0.15, 0.2) is 0 Å². The molecule has 0 heterocycles. The zero-order valence-electron chi connectivity index (χ0n) is 8.35. The summed E-state index contributed by atoms with van der Waals surface area (Å²) in [4.78, 5) is 10.5. The molecule has 0 unspecified atom stereocenters. The van der Waals surface area contributed by atoms with Crippen LogP contribution in [0, 0.1) is 0 Å². The molecule has 2 N–H and O–H groups in total. The zero-order valence-corrected chi connectivity index (χ0v) is 9.17. The lowest BCUT2D eigenvalue weighted by molar-refractivity contribution is -0.118. The van der Waals surface area contributed by atoms with E-state index in [0.29, 0.717) is 4.75 Å². The molecule has 0 atom stereocenters. The number of nitrogens with one attached hydrogen (secondary N) is 2. The standard InChI is InChI=1S/C9H18N2OS/c1-8(12)11-6-5-10-7-9(13-2)3-4-9/h10H,3-7H2,1-2H3,(H,11,12). The lowest BCUT2D eigenvalue weighted by Gasteiger charge is -2.12. The highest BCUT2D eigenvalue weighted by Gasteiger charge is 2.41. The Hall–Kier alpha value is -0.220. The lowest BCUT2D eigenvalue weighted by Crippen LogP contribution is -2.34. The van der Waals surface area contributed by atoms with E-state index in [2.05, 4.69) is 16.9 Å². The average molecular weight is 202 g/mol. The number of carbonyl (C=O) groups is 1. The Labute approximate surface area is 84.0 Å². The van der Waals surface area contributed by atoms with E-state index in [1.54, 1.807) is 6.92 Å². The number of carbonyl (C=O) groups excluding carboxylic acids is 1. The minimum Gasteiger partial charge on any atom is -0.355 e. The Morgan fingerprint density at radius 3 is 2.62 bits per heavy atom. The Balaban J connectivity index is 1.92. The summed E-state index contributed by atoms with van der Waals surface area (Å²) < 4.78 is 0.524. The number of thioether (sulfide) groups is 1. The third kappa shape index (κ3) is 4.00. The molecule has 0 spiro atoms. The van der Waals surface area contributed by atoms with Gasteiger partial charge in [-0.15, -0.1) is 0 Å². The van der Waals surface area contributed by atoms with Gasteiger partial charge in [-0.25, -0.2) is 0 Å². The van der Waals surface area contributed by atoms with Crippen molar-refractivity contribution in [3.63, 3.8) is 0 Å². The molecule has 1 rings (SSSR count). The van der Waals surface area contributed by atoms with Crippen molar-refractivity contribution in [1.82, 2.24) is 10.6 Å². The van der Waals surface area contributed by atoms with Gasteiger partial charge in [0.25, 0.3) is 0 Å². The highest BCUT2D eigenvalue weighted by Crippen LogP contribution is 2.46. The zero-order chi connectivity index (χ0) is 9.73. The highest BCUT2D eigenvalue weighted by molar-refractivity contribution is 8.00. The summed E-state index contributed by atoms with van der Waals surface area (Å²) in [5, 5.41) is 6.12. The van der Waals surface area contributed by atoms with E-state index in [1.165, 1.54) is 12.8 Å². The molecule has 0 saturated heterocycles. The normalized spacial score (nSPS) is 18.3. The van der Waals surface area contributed by atoms with Gasteiger partial charge in [-0.05, 0) is 19.1 Å². The lowest BCUT2D eigenvalue weighted by atomic mass is 10.4. The molecule has 0 aliphatic heterocycles. The fourth-order valence-corrected chi connectivity index (χ4v) is 1.99. The largest absolute Gasteiger partial charge is 0.355 e. The minimum atomic E-state index is 0.0489. The summed E-state index contributed by atoms with van der Waals surface area (Å²) in [5.41, 5.74) is 0. The van der Waals surface area contributed by atoms with Gasteiger partial charge >= 0.3 is 0 Å². The van der Waals surface area contributed by atoms with Crippen LogP contribution >= 0.6 is 11.8 Å². The van der Waals surface area contributed by atoms with Crippen LogP contribution in [0.3, 0.4) is 0 Å². The summed E-state index contributed by atoms with van der Waals surface area (Å²) >= 11 is 1.95. The van der Waals surface area contributed by atoms with E-state index < -0.39 is 0 Å². The van der Waals surface area contributed by atoms with Crippen LogP contribution < -0.4 is 10.6 Å². The van der Waals surface area contributed by atoms with Crippen LogP contribution in [0.25, 0.3) is 0 Å². The maximum atomic E-state index is 10.5. The van der Waals surface area contributed by atoms with Gasteiger partial charge in [0.05, 0.1) is 0 Å². The van der Waals surface area contributed by atoms with Gasteiger partial charge in [-0.3, -0.25) is 4.79 Å². The van der Waals surface area contributed by atoms with Gasteiger partial charge < -0.3 is 10.6 Å². The molecule has 0 bridgehead atoms. The van der Waals surface area contributed by atoms with Gasteiger partial charge in [0.2, 0.25) is 5.91 Å². The summed E-state index contributed by atoms with van der Waals surface area (Å²) in [6.45, 7) is 4.24. The molecule has 13 heavy (non-hydrogen) atoms. The Kier molecular flexibility index (Phi) is 4.06. The van der Waals surface area contributed by atoms with E-state index in [1.807, 2.05) is 11.8 Å². The van der Waals surface area contributed by atoms with Crippen LogP contribution in [0.2, 0.25) is 0 Å². The van der Waals surface area contributed by atoms with Crippen molar-refractivity contribution in [2.75, 3.05) is 25.9 Å².